The molecule has 2 aromatic rings. The zero-order valence-electron chi connectivity index (χ0n) is 18.4. The summed E-state index contributed by atoms with van der Waals surface area (Å²) in [6.07, 6.45) is 6.23. The summed E-state index contributed by atoms with van der Waals surface area (Å²) in [7, 11) is -3.34. The molecule has 1 N–H and O–H groups in total. The third kappa shape index (κ3) is 4.93. The van der Waals surface area contributed by atoms with Crippen molar-refractivity contribution in [1.82, 2.24) is 0 Å². The summed E-state index contributed by atoms with van der Waals surface area (Å²) in [4.78, 5) is 17.1. The van der Waals surface area contributed by atoms with Crippen LogP contribution in [0.1, 0.15) is 48.5 Å². The van der Waals surface area contributed by atoms with Crippen LogP contribution in [0.15, 0.2) is 46.2 Å². The highest BCUT2D eigenvalue weighted by atomic mass is 32.2. The van der Waals surface area contributed by atoms with Crippen LogP contribution < -0.4 is 10.2 Å². The summed E-state index contributed by atoms with van der Waals surface area (Å²) in [6, 6.07) is 10.7. The van der Waals surface area contributed by atoms with Gasteiger partial charge in [0, 0.05) is 29.9 Å². The number of anilines is 2. The molecule has 2 fully saturated rings. The number of rotatable bonds is 6. The van der Waals surface area contributed by atoms with Gasteiger partial charge in [0.2, 0.25) is 0 Å². The van der Waals surface area contributed by atoms with Crippen molar-refractivity contribution in [3.05, 3.63) is 47.5 Å². The van der Waals surface area contributed by atoms with E-state index in [4.69, 9.17) is 0 Å². The van der Waals surface area contributed by atoms with Crippen molar-refractivity contribution in [2.24, 2.45) is 5.41 Å². The van der Waals surface area contributed by atoms with Crippen LogP contribution in [-0.4, -0.2) is 39.4 Å². The summed E-state index contributed by atoms with van der Waals surface area (Å²) in [5.74, 6) is 0.782. The van der Waals surface area contributed by atoms with Crippen LogP contribution in [0.3, 0.4) is 0 Å². The maximum Gasteiger partial charge on any atom is 0.258 e. The van der Waals surface area contributed by atoms with Gasteiger partial charge in [-0.25, -0.2) is 8.42 Å². The Bertz CT molecular complexity index is 1100. The van der Waals surface area contributed by atoms with Crippen molar-refractivity contribution in [2.45, 2.75) is 49.3 Å². The Morgan fingerprint density at radius 2 is 1.84 bits per heavy atom. The van der Waals surface area contributed by atoms with Crippen molar-refractivity contribution in [2.75, 3.05) is 35.3 Å². The molecule has 4 rings (SSSR count). The molecule has 5 nitrogen and oxygen atoms in total. The van der Waals surface area contributed by atoms with Gasteiger partial charge in [-0.3, -0.25) is 4.79 Å². The van der Waals surface area contributed by atoms with Crippen LogP contribution in [0.5, 0.6) is 0 Å². The highest BCUT2D eigenvalue weighted by Gasteiger charge is 2.44. The van der Waals surface area contributed by atoms with Crippen molar-refractivity contribution < 1.29 is 13.2 Å². The normalized spacial score (nSPS) is 17.6. The number of nitrogens with zero attached hydrogens (tertiary/aromatic N) is 1. The van der Waals surface area contributed by atoms with Crippen LogP contribution in [0.4, 0.5) is 11.4 Å². The van der Waals surface area contributed by atoms with Crippen LogP contribution in [0.25, 0.3) is 0 Å². The van der Waals surface area contributed by atoms with Gasteiger partial charge in [-0.2, -0.15) is 0 Å². The lowest BCUT2D eigenvalue weighted by Gasteiger charge is -2.35. The minimum atomic E-state index is -3.34. The predicted octanol–water partition coefficient (Wildman–Crippen LogP) is 5.14. The smallest absolute Gasteiger partial charge is 0.258 e. The second kappa shape index (κ2) is 8.51. The fourth-order valence-corrected chi connectivity index (χ4v) is 5.88. The van der Waals surface area contributed by atoms with Gasteiger partial charge < -0.3 is 10.2 Å². The average molecular weight is 459 g/mol. The van der Waals surface area contributed by atoms with Crippen molar-refractivity contribution in [3.63, 3.8) is 0 Å². The Morgan fingerprint density at radius 1 is 1.13 bits per heavy atom. The molecule has 7 heteroatoms. The van der Waals surface area contributed by atoms with E-state index in [0.717, 1.165) is 30.1 Å². The Hall–Kier alpha value is -1.99. The number of carbonyl (C=O) groups excluding carboxylic acids is 1. The number of hydrogen-bond donors (Lipinski definition) is 1. The van der Waals surface area contributed by atoms with Gasteiger partial charge in [-0.1, -0.05) is 13.0 Å². The van der Waals surface area contributed by atoms with Gasteiger partial charge >= 0.3 is 0 Å². The molecule has 166 valence electrons. The Morgan fingerprint density at radius 3 is 2.45 bits per heavy atom. The highest BCUT2D eigenvalue weighted by molar-refractivity contribution is 7.99. The molecule has 0 atom stereocenters. The first-order valence-corrected chi connectivity index (χ1v) is 13.7. The Labute approximate surface area is 189 Å². The zero-order valence-corrected chi connectivity index (χ0v) is 20.0. The molecule has 0 aromatic heterocycles. The van der Waals surface area contributed by atoms with Crippen LogP contribution >= 0.6 is 11.8 Å². The van der Waals surface area contributed by atoms with E-state index in [2.05, 4.69) is 29.3 Å². The fraction of sp³-hybridized carbons (Fsp3) is 0.458. The highest BCUT2D eigenvalue weighted by Crippen LogP contribution is 2.54. The number of piperidine rings is 1. The van der Waals surface area contributed by atoms with E-state index >= 15 is 0 Å². The molecular weight excluding hydrogens is 428 g/mol. The van der Waals surface area contributed by atoms with E-state index in [1.165, 1.54) is 42.9 Å². The Kier molecular flexibility index (Phi) is 6.10. The molecule has 31 heavy (non-hydrogen) atoms. The van der Waals surface area contributed by atoms with Crippen LogP contribution in [-0.2, 0) is 9.84 Å². The number of benzene rings is 2. The second-order valence-electron chi connectivity index (χ2n) is 8.81. The molecule has 0 bridgehead atoms. The lowest BCUT2D eigenvalue weighted by molar-refractivity contribution is 0.102. The molecule has 0 radical (unpaired) electrons. The molecule has 1 aliphatic carbocycles. The van der Waals surface area contributed by atoms with Gasteiger partial charge in [0.1, 0.15) is 0 Å². The largest absolute Gasteiger partial charge is 0.371 e. The van der Waals surface area contributed by atoms with Crippen LogP contribution in [0.2, 0.25) is 0 Å². The van der Waals surface area contributed by atoms with E-state index < -0.39 is 9.84 Å². The molecule has 2 aromatic carbocycles. The monoisotopic (exact) mass is 458 g/mol. The number of sulfone groups is 1. The van der Waals surface area contributed by atoms with E-state index in [9.17, 15) is 13.2 Å². The van der Waals surface area contributed by atoms with Gasteiger partial charge in [-0.15, -0.1) is 11.8 Å². The first kappa shape index (κ1) is 22.2. The number of amides is 1. The second-order valence-corrected chi connectivity index (χ2v) is 12.2. The standard InChI is InChI=1S/C24H30N2O3S2/c1-4-30-19-14-17(2)22(21(16-19)26-12-10-24(8-9-24)11-13-26)23(27)25-18-6-5-7-20(15-18)31(3,28)29/h5-7,14-16H,4,8-13H2,1-3H3,(H,25,27). The maximum atomic E-state index is 13.4. The van der Waals surface area contributed by atoms with E-state index in [1.807, 2.05) is 6.92 Å². The molecule has 1 saturated carbocycles. The van der Waals surface area contributed by atoms with E-state index in [1.54, 1.807) is 30.0 Å². The third-order valence-corrected chi connectivity index (χ3v) is 8.44. The predicted molar refractivity (Wildman–Crippen MR) is 128 cm³/mol. The lowest BCUT2D eigenvalue weighted by atomic mass is 9.92. The Balaban J connectivity index is 1.65. The number of thioether (sulfide) groups is 1. The quantitative estimate of drug-likeness (QED) is 0.607. The summed E-state index contributed by atoms with van der Waals surface area (Å²) < 4.78 is 23.8. The summed E-state index contributed by atoms with van der Waals surface area (Å²) in [5, 5.41) is 2.93. The third-order valence-electron chi connectivity index (χ3n) is 6.47. The summed E-state index contributed by atoms with van der Waals surface area (Å²) in [5.41, 5.74) is 3.66. The first-order chi connectivity index (χ1) is 14.7. The van der Waals surface area contributed by atoms with Crippen molar-refractivity contribution >= 4 is 38.9 Å². The number of aryl methyl sites for hydroxylation is 1. The summed E-state index contributed by atoms with van der Waals surface area (Å²) in [6.45, 7) is 6.07. The van der Waals surface area contributed by atoms with Gasteiger partial charge in [0.05, 0.1) is 16.1 Å². The molecule has 0 unspecified atom stereocenters. The minimum absolute atomic E-state index is 0.196. The summed E-state index contributed by atoms with van der Waals surface area (Å²) >= 11 is 1.78. The molecule has 2 aliphatic rings. The minimum Gasteiger partial charge on any atom is -0.371 e. The molecule has 1 spiro atoms. The fourth-order valence-electron chi connectivity index (χ4n) is 4.43. The topological polar surface area (TPSA) is 66.5 Å². The molecular formula is C24H30N2O3S2. The number of hydrogen-bond acceptors (Lipinski definition) is 5. The molecule has 1 saturated heterocycles. The number of carbonyl (C=O) groups is 1. The van der Waals surface area contributed by atoms with Gasteiger partial charge in [-0.05, 0) is 79.7 Å². The molecule has 1 aliphatic heterocycles. The van der Waals surface area contributed by atoms with Crippen molar-refractivity contribution in [3.8, 4) is 0 Å². The van der Waals surface area contributed by atoms with Gasteiger partial charge in [0.15, 0.2) is 9.84 Å². The maximum absolute atomic E-state index is 13.4. The number of nitrogens with one attached hydrogen (secondary N) is 1. The first-order valence-electron chi connectivity index (χ1n) is 10.8. The average Bonchev–Trinajstić information content (AvgIpc) is 3.46. The molecule has 1 heterocycles. The van der Waals surface area contributed by atoms with E-state index in [-0.39, 0.29) is 10.8 Å². The SMILES string of the molecule is CCSc1cc(C)c(C(=O)Nc2cccc(S(C)(=O)=O)c2)c(N2CCC3(CC2)CC3)c1. The lowest BCUT2D eigenvalue weighted by Crippen LogP contribution is -2.36. The van der Waals surface area contributed by atoms with E-state index in [0.29, 0.717) is 16.7 Å². The van der Waals surface area contributed by atoms with Crippen molar-refractivity contribution in [1.29, 1.82) is 0 Å². The van der Waals surface area contributed by atoms with Gasteiger partial charge in [0.25, 0.3) is 5.91 Å². The zero-order chi connectivity index (χ0) is 22.2. The van der Waals surface area contributed by atoms with Crippen LogP contribution in [0, 0.1) is 12.3 Å². The molecule has 1 amide bonds.